The number of anilines is 2. The highest BCUT2D eigenvalue weighted by molar-refractivity contribution is 5.54. The molecule has 108 valence electrons. The van der Waals surface area contributed by atoms with Crippen LogP contribution in [0.3, 0.4) is 0 Å². The second-order valence-corrected chi connectivity index (χ2v) is 4.59. The van der Waals surface area contributed by atoms with Gasteiger partial charge in [0.2, 0.25) is 0 Å². The Hall–Kier alpha value is -1.29. The number of aromatic nitrogens is 1. The number of pyridine rings is 1. The minimum Gasteiger partial charge on any atom is -0.383 e. The van der Waals surface area contributed by atoms with Gasteiger partial charge in [-0.2, -0.15) is 0 Å². The molecule has 0 aliphatic rings. The molecule has 0 fully saturated rings. The molecule has 0 amide bonds. The molecule has 1 aromatic rings. The Morgan fingerprint density at radius 3 is 2.63 bits per heavy atom. The molecule has 0 spiro atoms. The van der Waals surface area contributed by atoms with Crippen molar-refractivity contribution in [2.75, 3.05) is 37.0 Å². The molecule has 19 heavy (non-hydrogen) atoms. The monoisotopic (exact) mass is 265 g/mol. The molecule has 0 radical (unpaired) electrons. The molecule has 4 heteroatoms. The van der Waals surface area contributed by atoms with Crippen LogP contribution in [-0.2, 0) is 4.74 Å². The maximum atomic E-state index is 5.24. The number of hydrogen-bond acceptors (Lipinski definition) is 4. The number of ether oxygens (including phenoxy) is 1. The molecule has 0 bridgehead atoms. The molecule has 1 rings (SSSR count). The van der Waals surface area contributed by atoms with Crippen molar-refractivity contribution in [1.29, 1.82) is 0 Å². The molecule has 0 unspecified atom stereocenters. The Balaban J connectivity index is 2.91. The van der Waals surface area contributed by atoms with E-state index in [4.69, 9.17) is 4.74 Å². The highest BCUT2D eigenvalue weighted by Crippen LogP contribution is 2.22. The van der Waals surface area contributed by atoms with Gasteiger partial charge in [0.1, 0.15) is 5.82 Å². The van der Waals surface area contributed by atoms with Gasteiger partial charge in [-0.1, -0.05) is 13.8 Å². The zero-order chi connectivity index (χ0) is 14.1. The predicted molar refractivity (Wildman–Crippen MR) is 82.0 cm³/mol. The average Bonchev–Trinajstić information content (AvgIpc) is 2.44. The first kappa shape index (κ1) is 15.8. The maximum absolute atomic E-state index is 5.24. The van der Waals surface area contributed by atoms with E-state index in [0.717, 1.165) is 38.4 Å². The Morgan fingerprint density at radius 2 is 2.05 bits per heavy atom. The molecule has 0 aromatic carbocycles. The number of nitrogens with one attached hydrogen (secondary N) is 1. The van der Waals surface area contributed by atoms with Crippen LogP contribution in [0.2, 0.25) is 0 Å². The molecule has 0 saturated carbocycles. The SMILES string of the molecule is CCNc1cc(N(CCOC)C(CC)CC)ccn1. The molecule has 1 N–H and O–H groups in total. The summed E-state index contributed by atoms with van der Waals surface area (Å²) in [6.07, 6.45) is 4.15. The Kier molecular flexibility index (Phi) is 7.26. The Labute approximate surface area is 117 Å². The molecule has 4 nitrogen and oxygen atoms in total. The first-order valence-corrected chi connectivity index (χ1v) is 7.22. The lowest BCUT2D eigenvalue weighted by Crippen LogP contribution is -2.37. The number of hydrogen-bond donors (Lipinski definition) is 1. The minimum atomic E-state index is 0.548. The quantitative estimate of drug-likeness (QED) is 0.744. The summed E-state index contributed by atoms with van der Waals surface area (Å²) in [5, 5.41) is 3.26. The topological polar surface area (TPSA) is 37.4 Å². The summed E-state index contributed by atoms with van der Waals surface area (Å²) in [5.74, 6) is 0.938. The zero-order valence-corrected chi connectivity index (χ0v) is 12.6. The first-order valence-electron chi connectivity index (χ1n) is 7.22. The van der Waals surface area contributed by atoms with Gasteiger partial charge in [-0.25, -0.2) is 4.98 Å². The fraction of sp³-hybridized carbons (Fsp3) is 0.667. The van der Waals surface area contributed by atoms with Gasteiger partial charge in [0.25, 0.3) is 0 Å². The first-order chi connectivity index (χ1) is 9.26. The highest BCUT2D eigenvalue weighted by atomic mass is 16.5. The van der Waals surface area contributed by atoms with Crippen LogP contribution in [0.15, 0.2) is 18.3 Å². The second-order valence-electron chi connectivity index (χ2n) is 4.59. The molecule has 0 aliphatic carbocycles. The van der Waals surface area contributed by atoms with E-state index >= 15 is 0 Å². The van der Waals surface area contributed by atoms with Crippen molar-refractivity contribution in [1.82, 2.24) is 4.98 Å². The minimum absolute atomic E-state index is 0.548. The lowest BCUT2D eigenvalue weighted by atomic mass is 10.1. The summed E-state index contributed by atoms with van der Waals surface area (Å²) < 4.78 is 5.24. The lowest BCUT2D eigenvalue weighted by Gasteiger charge is -2.32. The fourth-order valence-corrected chi connectivity index (χ4v) is 2.32. The third kappa shape index (κ3) is 4.71. The molecule has 0 saturated heterocycles. The van der Waals surface area contributed by atoms with Crippen molar-refractivity contribution >= 4 is 11.5 Å². The third-order valence-corrected chi connectivity index (χ3v) is 3.35. The van der Waals surface area contributed by atoms with Gasteiger partial charge in [0.05, 0.1) is 6.61 Å². The smallest absolute Gasteiger partial charge is 0.127 e. The zero-order valence-electron chi connectivity index (χ0n) is 12.6. The molecule has 1 aromatic heterocycles. The van der Waals surface area contributed by atoms with E-state index in [1.807, 2.05) is 6.20 Å². The van der Waals surface area contributed by atoms with Crippen LogP contribution in [0.4, 0.5) is 11.5 Å². The van der Waals surface area contributed by atoms with E-state index in [2.05, 4.69) is 48.1 Å². The summed E-state index contributed by atoms with van der Waals surface area (Å²) in [5.41, 5.74) is 1.22. The standard InChI is InChI=1S/C15H27N3O/c1-5-13(6-2)18(10-11-19-4)14-8-9-17-15(12-14)16-7-3/h8-9,12-13H,5-7,10-11H2,1-4H3,(H,16,17). The van der Waals surface area contributed by atoms with E-state index < -0.39 is 0 Å². The van der Waals surface area contributed by atoms with Crippen molar-refractivity contribution in [2.24, 2.45) is 0 Å². The van der Waals surface area contributed by atoms with Gasteiger partial charge in [-0.3, -0.25) is 0 Å². The Morgan fingerprint density at radius 1 is 1.32 bits per heavy atom. The van der Waals surface area contributed by atoms with E-state index in [1.54, 1.807) is 7.11 Å². The van der Waals surface area contributed by atoms with Gasteiger partial charge in [0, 0.05) is 44.2 Å². The highest BCUT2D eigenvalue weighted by Gasteiger charge is 2.15. The molecular formula is C15H27N3O. The van der Waals surface area contributed by atoms with E-state index in [0.29, 0.717) is 6.04 Å². The summed E-state index contributed by atoms with van der Waals surface area (Å²) in [4.78, 5) is 6.76. The third-order valence-electron chi connectivity index (χ3n) is 3.35. The van der Waals surface area contributed by atoms with E-state index in [9.17, 15) is 0 Å². The summed E-state index contributed by atoms with van der Waals surface area (Å²) in [7, 11) is 1.75. The van der Waals surface area contributed by atoms with Crippen molar-refractivity contribution in [2.45, 2.75) is 39.7 Å². The van der Waals surface area contributed by atoms with Crippen LogP contribution in [-0.4, -0.2) is 37.8 Å². The van der Waals surface area contributed by atoms with Crippen LogP contribution in [0.25, 0.3) is 0 Å². The number of methoxy groups -OCH3 is 1. The number of rotatable bonds is 9. The van der Waals surface area contributed by atoms with Crippen LogP contribution < -0.4 is 10.2 Å². The summed E-state index contributed by atoms with van der Waals surface area (Å²) >= 11 is 0. The van der Waals surface area contributed by atoms with Gasteiger partial charge in [0.15, 0.2) is 0 Å². The predicted octanol–water partition coefficient (Wildman–Crippen LogP) is 3.15. The molecular weight excluding hydrogens is 238 g/mol. The number of nitrogens with zero attached hydrogens (tertiary/aromatic N) is 2. The second kappa shape index (κ2) is 8.75. The van der Waals surface area contributed by atoms with Crippen LogP contribution >= 0.6 is 0 Å². The van der Waals surface area contributed by atoms with Crippen molar-refractivity contribution < 1.29 is 4.74 Å². The van der Waals surface area contributed by atoms with Gasteiger partial charge < -0.3 is 15.0 Å². The van der Waals surface area contributed by atoms with Crippen LogP contribution in [0.5, 0.6) is 0 Å². The van der Waals surface area contributed by atoms with Gasteiger partial charge >= 0.3 is 0 Å². The molecule has 0 aliphatic heterocycles. The maximum Gasteiger partial charge on any atom is 0.127 e. The summed E-state index contributed by atoms with van der Waals surface area (Å²) in [6.45, 7) is 9.10. The molecule has 1 heterocycles. The van der Waals surface area contributed by atoms with E-state index in [1.165, 1.54) is 5.69 Å². The summed E-state index contributed by atoms with van der Waals surface area (Å²) in [6, 6.07) is 4.75. The molecule has 0 atom stereocenters. The lowest BCUT2D eigenvalue weighted by molar-refractivity contribution is 0.202. The van der Waals surface area contributed by atoms with Crippen molar-refractivity contribution in [3.05, 3.63) is 18.3 Å². The van der Waals surface area contributed by atoms with Gasteiger partial charge in [-0.05, 0) is 25.8 Å². The Bertz CT molecular complexity index is 353. The fourth-order valence-electron chi connectivity index (χ4n) is 2.32. The normalized spacial score (nSPS) is 10.8. The van der Waals surface area contributed by atoms with E-state index in [-0.39, 0.29) is 0 Å². The van der Waals surface area contributed by atoms with Crippen molar-refractivity contribution in [3.8, 4) is 0 Å². The van der Waals surface area contributed by atoms with Crippen LogP contribution in [0.1, 0.15) is 33.6 Å². The average molecular weight is 265 g/mol. The van der Waals surface area contributed by atoms with Crippen molar-refractivity contribution in [3.63, 3.8) is 0 Å². The van der Waals surface area contributed by atoms with Gasteiger partial charge in [-0.15, -0.1) is 0 Å². The largest absolute Gasteiger partial charge is 0.383 e. The van der Waals surface area contributed by atoms with Crippen LogP contribution in [0, 0.1) is 0 Å².